The molecule has 0 aromatic heterocycles. The third kappa shape index (κ3) is 4.84. The number of amides is 3. The van der Waals surface area contributed by atoms with E-state index in [-0.39, 0.29) is 11.9 Å². The molecule has 3 aromatic carbocycles. The molecule has 158 valence electrons. The van der Waals surface area contributed by atoms with E-state index in [2.05, 4.69) is 5.32 Å². The molecule has 0 atom stereocenters. The summed E-state index contributed by atoms with van der Waals surface area (Å²) in [5, 5.41) is 3.90. The Bertz CT molecular complexity index is 1120. The van der Waals surface area contributed by atoms with E-state index in [1.807, 2.05) is 36.4 Å². The van der Waals surface area contributed by atoms with Crippen molar-refractivity contribution < 1.29 is 9.59 Å². The molecule has 3 amide bonds. The van der Waals surface area contributed by atoms with Crippen LogP contribution in [0.3, 0.4) is 0 Å². The molecule has 1 fully saturated rings. The van der Waals surface area contributed by atoms with Crippen LogP contribution < -0.4 is 10.2 Å². The zero-order chi connectivity index (χ0) is 21.8. The van der Waals surface area contributed by atoms with Crippen LogP contribution in [0.15, 0.2) is 72.8 Å². The number of rotatable bonds is 5. The topological polar surface area (TPSA) is 52.7 Å². The third-order valence-corrected chi connectivity index (χ3v) is 5.86. The van der Waals surface area contributed by atoms with Gasteiger partial charge >= 0.3 is 6.03 Å². The monoisotopic (exact) mass is 453 g/mol. The lowest BCUT2D eigenvalue weighted by atomic mass is 10.1. The number of benzene rings is 3. The van der Waals surface area contributed by atoms with Gasteiger partial charge in [0.15, 0.2) is 0 Å². The second-order valence-corrected chi connectivity index (χ2v) is 8.10. The molecule has 4 rings (SSSR count). The maximum Gasteiger partial charge on any atom is 0.324 e. The molecule has 3 aromatic rings. The van der Waals surface area contributed by atoms with Gasteiger partial charge in [0.1, 0.15) is 0 Å². The van der Waals surface area contributed by atoms with Crippen molar-refractivity contribution in [1.82, 2.24) is 4.90 Å². The maximum atomic E-state index is 13.1. The standard InChI is InChI=1S/C24H21Cl2N3O2/c25-21-11-3-1-7-17(21)16-28-13-6-14-29(24(28)31)19-9-5-8-18(15-19)27-23(30)20-10-2-4-12-22(20)26/h1-5,7-12,15H,6,13-14,16H2,(H,27,30). The molecule has 0 spiro atoms. The average Bonchev–Trinajstić information content (AvgIpc) is 2.77. The molecule has 1 heterocycles. The van der Waals surface area contributed by atoms with Crippen LogP contribution in [0.1, 0.15) is 22.3 Å². The van der Waals surface area contributed by atoms with Crippen LogP contribution in [-0.4, -0.2) is 29.9 Å². The number of halogens is 2. The summed E-state index contributed by atoms with van der Waals surface area (Å²) in [4.78, 5) is 29.2. The maximum absolute atomic E-state index is 13.1. The van der Waals surface area contributed by atoms with Crippen LogP contribution >= 0.6 is 23.2 Å². The van der Waals surface area contributed by atoms with E-state index in [0.29, 0.717) is 40.9 Å². The Balaban J connectivity index is 1.50. The van der Waals surface area contributed by atoms with Crippen LogP contribution in [0.5, 0.6) is 0 Å². The zero-order valence-electron chi connectivity index (χ0n) is 16.7. The highest BCUT2D eigenvalue weighted by atomic mass is 35.5. The van der Waals surface area contributed by atoms with E-state index in [4.69, 9.17) is 23.2 Å². The summed E-state index contributed by atoms with van der Waals surface area (Å²) in [6.07, 6.45) is 0.840. The van der Waals surface area contributed by atoms with E-state index in [0.717, 1.165) is 17.7 Å². The first-order valence-electron chi connectivity index (χ1n) is 9.99. The molecule has 1 aliphatic heterocycles. The van der Waals surface area contributed by atoms with Crippen LogP contribution in [0.4, 0.5) is 16.2 Å². The first-order valence-corrected chi connectivity index (χ1v) is 10.7. The molecule has 31 heavy (non-hydrogen) atoms. The summed E-state index contributed by atoms with van der Waals surface area (Å²) in [5.74, 6) is -0.298. The van der Waals surface area contributed by atoms with Crippen molar-refractivity contribution >= 4 is 46.5 Å². The Labute approximate surface area is 191 Å². The Morgan fingerprint density at radius 1 is 0.903 bits per heavy atom. The number of nitrogens with one attached hydrogen (secondary N) is 1. The molecule has 0 unspecified atom stereocenters. The van der Waals surface area contributed by atoms with Gasteiger partial charge in [-0.25, -0.2) is 4.79 Å². The van der Waals surface area contributed by atoms with Gasteiger partial charge in [0.05, 0.1) is 10.6 Å². The van der Waals surface area contributed by atoms with E-state index in [9.17, 15) is 9.59 Å². The first kappa shape index (κ1) is 21.2. The fourth-order valence-corrected chi connectivity index (χ4v) is 4.01. The Kier molecular flexibility index (Phi) is 6.44. The number of hydrogen-bond acceptors (Lipinski definition) is 2. The number of anilines is 2. The first-order chi connectivity index (χ1) is 15.0. The highest BCUT2D eigenvalue weighted by molar-refractivity contribution is 6.34. The highest BCUT2D eigenvalue weighted by Gasteiger charge is 2.27. The third-order valence-electron chi connectivity index (χ3n) is 5.16. The Morgan fingerprint density at radius 2 is 1.65 bits per heavy atom. The van der Waals surface area contributed by atoms with E-state index in [1.54, 1.807) is 46.2 Å². The molecule has 0 saturated carbocycles. The number of hydrogen-bond donors (Lipinski definition) is 1. The van der Waals surface area contributed by atoms with Gasteiger partial charge in [-0.05, 0) is 48.4 Å². The molecule has 7 heteroatoms. The number of urea groups is 1. The molecular weight excluding hydrogens is 433 g/mol. The van der Waals surface area contributed by atoms with E-state index in [1.165, 1.54) is 0 Å². The largest absolute Gasteiger partial charge is 0.324 e. The summed E-state index contributed by atoms with van der Waals surface area (Å²) in [5.41, 5.74) is 2.64. The van der Waals surface area contributed by atoms with Gasteiger partial charge in [0.25, 0.3) is 5.91 Å². The minimum Gasteiger partial charge on any atom is -0.322 e. The van der Waals surface area contributed by atoms with Gasteiger partial charge in [-0.2, -0.15) is 0 Å². The second kappa shape index (κ2) is 9.41. The van der Waals surface area contributed by atoms with Gasteiger partial charge in [0.2, 0.25) is 0 Å². The zero-order valence-corrected chi connectivity index (χ0v) is 18.2. The van der Waals surface area contributed by atoms with Crippen LogP contribution in [0.2, 0.25) is 10.0 Å². The molecule has 5 nitrogen and oxygen atoms in total. The summed E-state index contributed by atoms with van der Waals surface area (Å²) < 4.78 is 0. The molecule has 0 radical (unpaired) electrons. The summed E-state index contributed by atoms with van der Waals surface area (Å²) in [6.45, 7) is 1.74. The molecule has 1 saturated heterocycles. The van der Waals surface area contributed by atoms with Crippen molar-refractivity contribution in [1.29, 1.82) is 0 Å². The lowest BCUT2D eigenvalue weighted by Crippen LogP contribution is -2.49. The predicted octanol–water partition coefficient (Wildman–Crippen LogP) is 6.08. The van der Waals surface area contributed by atoms with Crippen molar-refractivity contribution in [3.8, 4) is 0 Å². The fraction of sp³-hybridized carbons (Fsp3) is 0.167. The minimum atomic E-state index is -0.298. The van der Waals surface area contributed by atoms with Crippen LogP contribution in [0, 0.1) is 0 Å². The van der Waals surface area contributed by atoms with Gasteiger partial charge < -0.3 is 10.2 Å². The van der Waals surface area contributed by atoms with Gasteiger partial charge in [-0.15, -0.1) is 0 Å². The van der Waals surface area contributed by atoms with Crippen molar-refractivity contribution in [2.75, 3.05) is 23.3 Å². The lowest BCUT2D eigenvalue weighted by molar-refractivity contribution is 0.102. The molecule has 0 aliphatic carbocycles. The molecule has 1 aliphatic rings. The lowest BCUT2D eigenvalue weighted by Gasteiger charge is -2.36. The minimum absolute atomic E-state index is 0.0826. The average molecular weight is 454 g/mol. The summed E-state index contributed by atoms with van der Waals surface area (Å²) >= 11 is 12.4. The van der Waals surface area contributed by atoms with Crippen LogP contribution in [0.25, 0.3) is 0 Å². The Morgan fingerprint density at radius 3 is 2.42 bits per heavy atom. The van der Waals surface area contributed by atoms with Crippen molar-refractivity contribution in [2.45, 2.75) is 13.0 Å². The number of carbonyl (C=O) groups excluding carboxylic acids is 2. The summed E-state index contributed by atoms with van der Waals surface area (Å²) in [6, 6.07) is 21.6. The SMILES string of the molecule is O=C(Nc1cccc(N2CCCN(Cc3ccccc3Cl)C2=O)c1)c1ccccc1Cl. The smallest absolute Gasteiger partial charge is 0.322 e. The van der Waals surface area contributed by atoms with Gasteiger partial charge in [-0.1, -0.05) is 59.6 Å². The van der Waals surface area contributed by atoms with Gasteiger partial charge in [-0.3, -0.25) is 9.69 Å². The normalized spacial score (nSPS) is 13.9. The summed E-state index contributed by atoms with van der Waals surface area (Å²) in [7, 11) is 0. The van der Waals surface area contributed by atoms with Gasteiger partial charge in [0, 0.05) is 36.0 Å². The van der Waals surface area contributed by atoms with E-state index >= 15 is 0 Å². The van der Waals surface area contributed by atoms with E-state index < -0.39 is 0 Å². The second-order valence-electron chi connectivity index (χ2n) is 7.29. The molecule has 1 N–H and O–H groups in total. The fourth-order valence-electron chi connectivity index (χ4n) is 3.60. The highest BCUT2D eigenvalue weighted by Crippen LogP contribution is 2.26. The number of carbonyl (C=O) groups is 2. The Hall–Kier alpha value is -3.02. The molecule has 0 bridgehead atoms. The van der Waals surface area contributed by atoms with Crippen molar-refractivity contribution in [3.63, 3.8) is 0 Å². The van der Waals surface area contributed by atoms with Crippen LogP contribution in [-0.2, 0) is 6.54 Å². The quantitative estimate of drug-likeness (QED) is 0.508. The predicted molar refractivity (Wildman–Crippen MR) is 125 cm³/mol. The van der Waals surface area contributed by atoms with Crippen molar-refractivity contribution in [3.05, 3.63) is 94.0 Å². The number of nitrogens with zero attached hydrogens (tertiary/aromatic N) is 2. The molecular formula is C24H21Cl2N3O2. The van der Waals surface area contributed by atoms with Crippen molar-refractivity contribution in [2.24, 2.45) is 0 Å².